The number of rotatable bonds is 5. The third-order valence-corrected chi connectivity index (χ3v) is 2.12. The molecule has 0 rings (SSSR count). The summed E-state index contributed by atoms with van der Waals surface area (Å²) < 4.78 is 0. The standard InChI is InChI=1S/C13H20O/c1-5-7-8-9-13(10-12(4)14)11(3)6-2/h5,7-9H,6,10H2,1-4H3/b7-5-,9-8-,13-11-. The highest BCUT2D eigenvalue weighted by molar-refractivity contribution is 5.79. The largest absolute Gasteiger partial charge is 0.300 e. The predicted octanol–water partition coefficient (Wildman–Crippen LogP) is 3.82. The summed E-state index contributed by atoms with van der Waals surface area (Å²) in [6.45, 7) is 7.80. The van der Waals surface area contributed by atoms with Gasteiger partial charge < -0.3 is 0 Å². The normalized spacial score (nSPS) is 13.7. The van der Waals surface area contributed by atoms with Crippen LogP contribution in [0.25, 0.3) is 0 Å². The van der Waals surface area contributed by atoms with Gasteiger partial charge in [-0.2, -0.15) is 0 Å². The van der Waals surface area contributed by atoms with Gasteiger partial charge in [0.2, 0.25) is 0 Å². The molecular formula is C13H20O. The SMILES string of the molecule is C\C=C/C=C\C(CC(C)=O)=C(/C)CC. The van der Waals surface area contributed by atoms with Crippen LogP contribution in [0.1, 0.15) is 40.5 Å². The summed E-state index contributed by atoms with van der Waals surface area (Å²) in [7, 11) is 0. The number of allylic oxidation sites excluding steroid dienone is 6. The Morgan fingerprint density at radius 3 is 2.29 bits per heavy atom. The van der Waals surface area contributed by atoms with Crippen molar-refractivity contribution >= 4 is 5.78 Å². The van der Waals surface area contributed by atoms with E-state index in [9.17, 15) is 4.79 Å². The van der Waals surface area contributed by atoms with Crippen LogP contribution < -0.4 is 0 Å². The van der Waals surface area contributed by atoms with Crippen LogP contribution in [0.4, 0.5) is 0 Å². The molecule has 0 fully saturated rings. The summed E-state index contributed by atoms with van der Waals surface area (Å²) in [5.41, 5.74) is 2.44. The Morgan fingerprint density at radius 1 is 1.21 bits per heavy atom. The van der Waals surface area contributed by atoms with Gasteiger partial charge in [0.25, 0.3) is 0 Å². The predicted molar refractivity (Wildman–Crippen MR) is 62.2 cm³/mol. The van der Waals surface area contributed by atoms with Crippen LogP contribution in [-0.4, -0.2) is 5.78 Å². The summed E-state index contributed by atoms with van der Waals surface area (Å²) >= 11 is 0. The minimum absolute atomic E-state index is 0.220. The Morgan fingerprint density at radius 2 is 1.86 bits per heavy atom. The van der Waals surface area contributed by atoms with E-state index in [2.05, 4.69) is 13.8 Å². The first kappa shape index (κ1) is 12.9. The molecule has 0 spiro atoms. The number of ketones is 1. The van der Waals surface area contributed by atoms with Gasteiger partial charge in [-0.05, 0) is 32.8 Å². The second-order valence-corrected chi connectivity index (χ2v) is 3.42. The van der Waals surface area contributed by atoms with Crippen molar-refractivity contribution in [3.63, 3.8) is 0 Å². The Bertz CT molecular complexity index is 267. The van der Waals surface area contributed by atoms with Crippen molar-refractivity contribution < 1.29 is 4.79 Å². The van der Waals surface area contributed by atoms with Crippen molar-refractivity contribution in [3.8, 4) is 0 Å². The van der Waals surface area contributed by atoms with E-state index in [0.29, 0.717) is 6.42 Å². The van der Waals surface area contributed by atoms with Crippen molar-refractivity contribution in [1.29, 1.82) is 0 Å². The molecule has 0 aliphatic rings. The molecule has 0 heterocycles. The van der Waals surface area contributed by atoms with Gasteiger partial charge in [0.1, 0.15) is 5.78 Å². The Hall–Kier alpha value is -1.11. The van der Waals surface area contributed by atoms with Crippen molar-refractivity contribution in [2.75, 3.05) is 0 Å². The summed E-state index contributed by atoms with van der Waals surface area (Å²) in [4.78, 5) is 11.0. The second-order valence-electron chi connectivity index (χ2n) is 3.42. The second kappa shape index (κ2) is 7.31. The topological polar surface area (TPSA) is 17.1 Å². The molecule has 0 radical (unpaired) electrons. The zero-order valence-corrected chi connectivity index (χ0v) is 9.63. The van der Waals surface area contributed by atoms with Crippen LogP contribution >= 0.6 is 0 Å². The number of carbonyl (C=O) groups is 1. The molecule has 0 saturated carbocycles. The van der Waals surface area contributed by atoms with Gasteiger partial charge in [-0.25, -0.2) is 0 Å². The van der Waals surface area contributed by atoms with Gasteiger partial charge in [-0.3, -0.25) is 4.79 Å². The van der Waals surface area contributed by atoms with Crippen molar-refractivity contribution in [2.24, 2.45) is 0 Å². The fourth-order valence-electron chi connectivity index (χ4n) is 1.13. The van der Waals surface area contributed by atoms with Crippen molar-refractivity contribution in [2.45, 2.75) is 40.5 Å². The van der Waals surface area contributed by atoms with E-state index in [1.54, 1.807) is 6.92 Å². The molecule has 0 bridgehead atoms. The molecule has 0 aromatic heterocycles. The van der Waals surface area contributed by atoms with Crippen molar-refractivity contribution in [3.05, 3.63) is 35.5 Å². The summed E-state index contributed by atoms with van der Waals surface area (Å²) in [6.07, 6.45) is 9.51. The molecule has 0 atom stereocenters. The van der Waals surface area contributed by atoms with Gasteiger partial charge in [0.15, 0.2) is 0 Å². The zero-order valence-electron chi connectivity index (χ0n) is 9.63. The first-order valence-corrected chi connectivity index (χ1v) is 5.09. The smallest absolute Gasteiger partial charge is 0.134 e. The molecule has 78 valence electrons. The Balaban J connectivity index is 4.65. The van der Waals surface area contributed by atoms with Gasteiger partial charge in [-0.1, -0.05) is 36.8 Å². The molecule has 1 nitrogen and oxygen atoms in total. The highest BCUT2D eigenvalue weighted by Crippen LogP contribution is 2.13. The lowest BCUT2D eigenvalue weighted by molar-refractivity contribution is -0.116. The zero-order chi connectivity index (χ0) is 11.0. The minimum Gasteiger partial charge on any atom is -0.300 e. The highest BCUT2D eigenvalue weighted by atomic mass is 16.1. The fraction of sp³-hybridized carbons (Fsp3) is 0.462. The van der Waals surface area contributed by atoms with Crippen LogP contribution in [-0.2, 0) is 4.79 Å². The number of Topliss-reactive ketones (excluding diaryl/α,β-unsaturated/α-hetero) is 1. The van der Waals surface area contributed by atoms with Gasteiger partial charge in [-0.15, -0.1) is 0 Å². The molecule has 0 aliphatic heterocycles. The quantitative estimate of drug-likeness (QED) is 0.605. The van der Waals surface area contributed by atoms with Crippen LogP contribution in [0.15, 0.2) is 35.5 Å². The summed E-state index contributed by atoms with van der Waals surface area (Å²) in [5.74, 6) is 0.220. The van der Waals surface area contributed by atoms with E-state index in [0.717, 1.165) is 12.0 Å². The van der Waals surface area contributed by atoms with E-state index in [-0.39, 0.29) is 5.78 Å². The maximum Gasteiger partial charge on any atom is 0.134 e. The Kier molecular flexibility index (Phi) is 6.73. The highest BCUT2D eigenvalue weighted by Gasteiger charge is 2.00. The molecule has 0 aromatic rings. The van der Waals surface area contributed by atoms with Crippen LogP contribution in [0.2, 0.25) is 0 Å². The molecule has 1 heteroatoms. The average molecular weight is 192 g/mol. The molecule has 0 aliphatic carbocycles. The monoisotopic (exact) mass is 192 g/mol. The molecule has 0 aromatic carbocycles. The third kappa shape index (κ3) is 5.52. The van der Waals surface area contributed by atoms with Gasteiger partial charge >= 0.3 is 0 Å². The van der Waals surface area contributed by atoms with E-state index in [1.165, 1.54) is 5.57 Å². The van der Waals surface area contributed by atoms with E-state index >= 15 is 0 Å². The van der Waals surface area contributed by atoms with E-state index in [1.807, 2.05) is 31.2 Å². The van der Waals surface area contributed by atoms with E-state index in [4.69, 9.17) is 0 Å². The van der Waals surface area contributed by atoms with Crippen LogP contribution in [0, 0.1) is 0 Å². The molecular weight excluding hydrogens is 172 g/mol. The van der Waals surface area contributed by atoms with Gasteiger partial charge in [0, 0.05) is 6.42 Å². The maximum absolute atomic E-state index is 11.0. The molecule has 0 saturated heterocycles. The molecule has 0 N–H and O–H groups in total. The molecule has 0 amide bonds. The van der Waals surface area contributed by atoms with Crippen molar-refractivity contribution in [1.82, 2.24) is 0 Å². The average Bonchev–Trinajstić information content (AvgIpc) is 2.15. The summed E-state index contributed by atoms with van der Waals surface area (Å²) in [6, 6.07) is 0. The Labute approximate surface area is 87.2 Å². The van der Waals surface area contributed by atoms with Gasteiger partial charge in [0.05, 0.1) is 0 Å². The number of hydrogen-bond donors (Lipinski definition) is 0. The minimum atomic E-state index is 0.220. The number of carbonyl (C=O) groups excluding carboxylic acids is 1. The number of hydrogen-bond acceptors (Lipinski definition) is 1. The van der Waals surface area contributed by atoms with Crippen LogP contribution in [0.3, 0.4) is 0 Å². The summed E-state index contributed by atoms with van der Waals surface area (Å²) in [5, 5.41) is 0. The maximum atomic E-state index is 11.0. The lowest BCUT2D eigenvalue weighted by atomic mass is 10.0. The first-order valence-electron chi connectivity index (χ1n) is 5.09. The lowest BCUT2D eigenvalue weighted by Crippen LogP contribution is -1.94. The third-order valence-electron chi connectivity index (χ3n) is 2.12. The van der Waals surface area contributed by atoms with E-state index < -0.39 is 0 Å². The fourth-order valence-corrected chi connectivity index (χ4v) is 1.13. The molecule has 14 heavy (non-hydrogen) atoms. The first-order chi connectivity index (χ1) is 6.61. The lowest BCUT2D eigenvalue weighted by Gasteiger charge is -2.03. The molecule has 0 unspecified atom stereocenters. The van der Waals surface area contributed by atoms with Crippen LogP contribution in [0.5, 0.6) is 0 Å².